The zero-order chi connectivity index (χ0) is 47.3. The molecule has 0 atom stereocenters. The number of aryl methyl sites for hydroxylation is 5. The standard InChI is InChI=1S/C59H48N9O.Pt/c1-35-28-38(4)53(39(5)29-35)56-62-57(64-58(63-56)68-54-36(2)14-11-19-46(54)47-20-12-15-37(3)55(47)68)66-34-65(49-25-26-60-33-51(49)66)41-16-13-17-42(31-41)69-43-22-23-45-44-18-9-10-21-48(44)67(50(45)32-43)52-30-40(24-27-61-52)59(6,7)8;/h9-30,33-34H,1-8H3;/q-3;. The third-order valence-corrected chi connectivity index (χ3v) is 13.3. The molecule has 1 aliphatic rings. The SMILES string of the molecule is Cc1cc(C)c(-c2nc(N3[CH-]N(c4[c-]c(Oc5[c-]c6c(cc5)c5ccccc5n6-c5cc(C(C)(C)C)ccn5)ccc4)c4ccncc43)nc(-n3c4c(C)cccc4c4cccc(C)c43)n2)c(C)c1.[Pt]. The molecule has 12 rings (SSSR count). The van der Waals surface area contributed by atoms with Gasteiger partial charge in [0.25, 0.3) is 0 Å². The summed E-state index contributed by atoms with van der Waals surface area (Å²) in [7, 11) is 0. The van der Waals surface area contributed by atoms with Gasteiger partial charge >= 0.3 is 0 Å². The number of benzene rings is 6. The Morgan fingerprint density at radius 1 is 0.571 bits per heavy atom. The summed E-state index contributed by atoms with van der Waals surface area (Å²) < 4.78 is 11.0. The summed E-state index contributed by atoms with van der Waals surface area (Å²) in [5.41, 5.74) is 14.3. The van der Waals surface area contributed by atoms with Crippen LogP contribution in [0.5, 0.6) is 11.5 Å². The van der Waals surface area contributed by atoms with Gasteiger partial charge in [0.1, 0.15) is 5.82 Å². The van der Waals surface area contributed by atoms with Gasteiger partial charge in [-0.3, -0.25) is 9.55 Å². The first-order valence-corrected chi connectivity index (χ1v) is 23.2. The van der Waals surface area contributed by atoms with Gasteiger partial charge in [-0.15, -0.1) is 48.1 Å². The van der Waals surface area contributed by atoms with E-state index in [1.165, 1.54) is 11.1 Å². The summed E-state index contributed by atoms with van der Waals surface area (Å²) in [4.78, 5) is 29.5. The number of nitrogens with zero attached hydrogens (tertiary/aromatic N) is 9. The van der Waals surface area contributed by atoms with Crippen LogP contribution in [0.15, 0.2) is 140 Å². The Kier molecular flexibility index (Phi) is 10.9. The number of aromatic nitrogens is 7. The minimum absolute atomic E-state index is 0. The quantitative estimate of drug-likeness (QED) is 0.146. The Morgan fingerprint density at radius 2 is 1.26 bits per heavy atom. The minimum Gasteiger partial charge on any atom is -0.509 e. The van der Waals surface area contributed by atoms with Crippen molar-refractivity contribution < 1.29 is 25.8 Å². The van der Waals surface area contributed by atoms with Crippen LogP contribution in [0.3, 0.4) is 0 Å². The van der Waals surface area contributed by atoms with Crippen molar-refractivity contribution in [3.63, 3.8) is 0 Å². The predicted octanol–water partition coefficient (Wildman–Crippen LogP) is 14.2. The van der Waals surface area contributed by atoms with Crippen molar-refractivity contribution in [1.29, 1.82) is 0 Å². The molecule has 0 spiro atoms. The summed E-state index contributed by atoms with van der Waals surface area (Å²) in [6.07, 6.45) is 5.54. The number of fused-ring (bicyclic) bond motifs is 7. The monoisotopic (exact) mass is 1090 g/mol. The number of hydrogen-bond acceptors (Lipinski definition) is 8. The Morgan fingerprint density at radius 3 is 2.00 bits per heavy atom. The summed E-state index contributed by atoms with van der Waals surface area (Å²) in [6, 6.07) is 49.1. The van der Waals surface area contributed by atoms with Crippen molar-refractivity contribution in [2.24, 2.45) is 0 Å². The van der Waals surface area contributed by atoms with E-state index >= 15 is 0 Å². The van der Waals surface area contributed by atoms with E-state index in [4.69, 9.17) is 24.7 Å². The van der Waals surface area contributed by atoms with Crippen molar-refractivity contribution in [3.05, 3.63) is 192 Å². The van der Waals surface area contributed by atoms with E-state index in [9.17, 15) is 0 Å². The number of hydrogen-bond donors (Lipinski definition) is 0. The van der Waals surface area contributed by atoms with Crippen LogP contribution in [0.4, 0.5) is 23.0 Å². The van der Waals surface area contributed by atoms with Gasteiger partial charge in [0.2, 0.25) is 11.9 Å². The molecule has 0 unspecified atom stereocenters. The van der Waals surface area contributed by atoms with E-state index in [-0.39, 0.29) is 26.5 Å². The van der Waals surface area contributed by atoms with E-state index in [1.807, 2.05) is 54.3 Å². The van der Waals surface area contributed by atoms with Gasteiger partial charge in [-0.1, -0.05) is 98.6 Å². The molecule has 11 heteroatoms. The Bertz CT molecular complexity index is 3800. The molecular formula is C59H48N9OPt-3. The van der Waals surface area contributed by atoms with Crippen LogP contribution >= 0.6 is 0 Å². The normalized spacial score (nSPS) is 12.6. The molecule has 0 saturated carbocycles. The second kappa shape index (κ2) is 17.1. The van der Waals surface area contributed by atoms with Gasteiger partial charge in [-0.2, -0.15) is 27.1 Å². The molecule has 348 valence electrons. The van der Waals surface area contributed by atoms with Crippen LogP contribution in [-0.4, -0.2) is 34.1 Å². The molecule has 6 heterocycles. The second-order valence-electron chi connectivity index (χ2n) is 19.1. The van der Waals surface area contributed by atoms with Crippen molar-refractivity contribution in [3.8, 4) is 34.7 Å². The Hall–Kier alpha value is -7.68. The van der Waals surface area contributed by atoms with Crippen molar-refractivity contribution in [2.45, 2.75) is 60.8 Å². The van der Waals surface area contributed by atoms with Gasteiger partial charge in [-0.25, -0.2) is 4.98 Å². The molecule has 5 aromatic heterocycles. The van der Waals surface area contributed by atoms with Gasteiger partial charge in [0, 0.05) is 72.5 Å². The first-order chi connectivity index (χ1) is 33.4. The molecule has 0 N–H and O–H groups in total. The minimum atomic E-state index is -0.0428. The molecule has 0 fully saturated rings. The molecule has 0 bridgehead atoms. The fourth-order valence-electron chi connectivity index (χ4n) is 10.2. The molecular weight excluding hydrogens is 1050 g/mol. The fourth-order valence-corrected chi connectivity index (χ4v) is 10.2. The Labute approximate surface area is 421 Å². The topological polar surface area (TPSA) is 90.0 Å². The van der Waals surface area contributed by atoms with Crippen LogP contribution in [-0.2, 0) is 26.5 Å². The molecule has 10 nitrogen and oxygen atoms in total. The van der Waals surface area contributed by atoms with Crippen LogP contribution in [0, 0.1) is 53.4 Å². The van der Waals surface area contributed by atoms with Gasteiger partial charge in [0.05, 0.1) is 22.9 Å². The number of anilines is 4. The van der Waals surface area contributed by atoms with Gasteiger partial charge in [-0.05, 0) is 97.5 Å². The van der Waals surface area contributed by atoms with Gasteiger partial charge in [0.15, 0.2) is 5.82 Å². The molecule has 0 radical (unpaired) electrons. The maximum atomic E-state index is 6.65. The molecule has 6 aromatic carbocycles. The van der Waals surface area contributed by atoms with E-state index in [0.29, 0.717) is 29.2 Å². The Balaban J connectivity index is 0.00000533. The van der Waals surface area contributed by atoms with Crippen molar-refractivity contribution >= 4 is 66.6 Å². The van der Waals surface area contributed by atoms with Crippen LogP contribution in [0.2, 0.25) is 0 Å². The van der Waals surface area contributed by atoms with Crippen molar-refractivity contribution in [1.82, 2.24) is 34.1 Å². The van der Waals surface area contributed by atoms with E-state index < -0.39 is 0 Å². The largest absolute Gasteiger partial charge is 0.509 e. The number of para-hydroxylation sites is 3. The molecule has 0 amide bonds. The first-order valence-electron chi connectivity index (χ1n) is 23.2. The zero-order valence-corrected chi connectivity index (χ0v) is 42.4. The van der Waals surface area contributed by atoms with E-state index in [2.05, 4.69) is 178 Å². The van der Waals surface area contributed by atoms with Crippen molar-refractivity contribution in [2.75, 3.05) is 9.80 Å². The molecule has 11 aromatic rings. The molecule has 0 saturated heterocycles. The van der Waals surface area contributed by atoms with E-state index in [0.717, 1.165) is 94.3 Å². The summed E-state index contributed by atoms with van der Waals surface area (Å²) in [5.74, 6) is 3.50. The number of rotatable bonds is 7. The average Bonchev–Trinajstić information content (AvgIpc) is 4.00. The molecule has 0 aliphatic carbocycles. The molecule has 1 aliphatic heterocycles. The first kappa shape index (κ1) is 44.8. The smallest absolute Gasteiger partial charge is 0.239 e. The maximum Gasteiger partial charge on any atom is 0.239 e. The third kappa shape index (κ3) is 7.40. The van der Waals surface area contributed by atoms with Gasteiger partial charge < -0.3 is 19.1 Å². The predicted molar refractivity (Wildman–Crippen MR) is 278 cm³/mol. The average molecular weight is 1090 g/mol. The fraction of sp³-hybridized carbons (Fsp3) is 0.153. The summed E-state index contributed by atoms with van der Waals surface area (Å²) in [5, 5.41) is 4.48. The summed E-state index contributed by atoms with van der Waals surface area (Å²) in [6.45, 7) is 19.3. The van der Waals surface area contributed by atoms with E-state index in [1.54, 1.807) is 6.20 Å². The number of pyridine rings is 2. The zero-order valence-electron chi connectivity index (χ0n) is 40.1. The number of ether oxygens (including phenoxy) is 1. The maximum absolute atomic E-state index is 6.65. The molecule has 70 heavy (non-hydrogen) atoms. The van der Waals surface area contributed by atoms with Crippen LogP contribution in [0.25, 0.3) is 66.8 Å². The van der Waals surface area contributed by atoms with Crippen LogP contribution in [0.1, 0.15) is 54.2 Å². The van der Waals surface area contributed by atoms with Crippen LogP contribution < -0.4 is 14.5 Å². The summed E-state index contributed by atoms with van der Waals surface area (Å²) >= 11 is 0. The third-order valence-electron chi connectivity index (χ3n) is 13.3. The second-order valence-corrected chi connectivity index (χ2v) is 19.1.